The number of hydrogen-bond donors (Lipinski definition) is 0. The number of piperazine rings is 1. The molecule has 0 spiro atoms. The minimum absolute atomic E-state index is 0.0256. The molecule has 0 radical (unpaired) electrons. The minimum Gasteiger partial charge on any atom is -0.485 e. The largest absolute Gasteiger partial charge is 0.485 e. The molecule has 1 aromatic heterocycles. The zero-order valence-electron chi connectivity index (χ0n) is 22.5. The molecule has 0 saturated carbocycles. The van der Waals surface area contributed by atoms with Gasteiger partial charge in [-0.2, -0.15) is 0 Å². The number of amides is 1. The number of carbonyl (C=O) groups is 1. The number of halogens is 1. The molecule has 1 amide bonds. The van der Waals surface area contributed by atoms with Crippen molar-refractivity contribution >= 4 is 22.5 Å². The van der Waals surface area contributed by atoms with Crippen LogP contribution >= 0.6 is 0 Å². The molecule has 6 heteroatoms. The van der Waals surface area contributed by atoms with Crippen molar-refractivity contribution in [2.45, 2.75) is 19.6 Å². The second kappa shape index (κ2) is 11.3. The molecular formula is C34H32FN3O2. The second-order valence-corrected chi connectivity index (χ2v) is 10.2. The van der Waals surface area contributed by atoms with Crippen LogP contribution < -0.4 is 9.64 Å². The van der Waals surface area contributed by atoms with E-state index in [1.165, 1.54) is 6.07 Å². The Morgan fingerprint density at radius 3 is 2.23 bits per heavy atom. The van der Waals surface area contributed by atoms with Crippen LogP contribution in [0, 0.1) is 5.82 Å². The molecule has 1 aliphatic heterocycles. The molecule has 0 N–H and O–H groups in total. The van der Waals surface area contributed by atoms with Crippen LogP contribution in [0.5, 0.6) is 5.75 Å². The van der Waals surface area contributed by atoms with Gasteiger partial charge < -0.3 is 19.1 Å². The summed E-state index contributed by atoms with van der Waals surface area (Å²) in [6.07, 6.45) is -0.144. The third-order valence-electron chi connectivity index (χ3n) is 7.64. The zero-order chi connectivity index (χ0) is 27.5. The first-order valence-electron chi connectivity index (χ1n) is 13.7. The van der Waals surface area contributed by atoms with Gasteiger partial charge in [-0.3, -0.25) is 4.79 Å². The number of rotatable bonds is 7. The van der Waals surface area contributed by atoms with E-state index in [-0.39, 0.29) is 17.8 Å². The predicted molar refractivity (Wildman–Crippen MR) is 157 cm³/mol. The third-order valence-corrected chi connectivity index (χ3v) is 7.64. The van der Waals surface area contributed by atoms with Gasteiger partial charge in [-0.25, -0.2) is 4.39 Å². The molecule has 202 valence electrons. The molecule has 1 aliphatic rings. The van der Waals surface area contributed by atoms with E-state index in [0.29, 0.717) is 44.1 Å². The average molecular weight is 534 g/mol. The molecular weight excluding hydrogens is 501 g/mol. The van der Waals surface area contributed by atoms with Gasteiger partial charge in [0.25, 0.3) is 5.91 Å². The van der Waals surface area contributed by atoms with Crippen LogP contribution in [0.1, 0.15) is 34.6 Å². The molecule has 4 aromatic carbocycles. The average Bonchev–Trinajstić information content (AvgIpc) is 3.37. The first kappa shape index (κ1) is 25.7. The predicted octanol–water partition coefficient (Wildman–Crippen LogP) is 6.93. The number of hydrogen-bond acceptors (Lipinski definition) is 3. The molecule has 6 rings (SSSR count). The van der Waals surface area contributed by atoms with Crippen LogP contribution in [-0.4, -0.2) is 41.6 Å². The van der Waals surface area contributed by atoms with E-state index in [9.17, 15) is 9.18 Å². The molecule has 2 heterocycles. The monoisotopic (exact) mass is 533 g/mol. The number of benzene rings is 4. The Bertz CT molecular complexity index is 1610. The van der Waals surface area contributed by atoms with Gasteiger partial charge in [-0.1, -0.05) is 78.9 Å². The molecule has 5 nitrogen and oxygen atoms in total. The van der Waals surface area contributed by atoms with Crippen molar-refractivity contribution in [1.29, 1.82) is 0 Å². The molecule has 0 unspecified atom stereocenters. The van der Waals surface area contributed by atoms with Crippen LogP contribution in [0.3, 0.4) is 0 Å². The highest BCUT2D eigenvalue weighted by atomic mass is 19.1. The van der Waals surface area contributed by atoms with E-state index >= 15 is 0 Å². The van der Waals surface area contributed by atoms with E-state index in [2.05, 4.69) is 28.8 Å². The fourth-order valence-corrected chi connectivity index (χ4v) is 5.48. The quantitative estimate of drug-likeness (QED) is 0.228. The van der Waals surface area contributed by atoms with Gasteiger partial charge in [0.15, 0.2) is 0 Å². The van der Waals surface area contributed by atoms with Gasteiger partial charge in [-0.15, -0.1) is 0 Å². The molecule has 5 aromatic rings. The first-order valence-corrected chi connectivity index (χ1v) is 13.7. The summed E-state index contributed by atoms with van der Waals surface area (Å²) < 4.78 is 22.9. The van der Waals surface area contributed by atoms with Gasteiger partial charge in [0, 0.05) is 38.1 Å². The first-order chi connectivity index (χ1) is 19.6. The summed E-state index contributed by atoms with van der Waals surface area (Å²) in [6, 6.07) is 35.1. The van der Waals surface area contributed by atoms with E-state index in [0.717, 1.165) is 27.8 Å². The van der Waals surface area contributed by atoms with Crippen molar-refractivity contribution in [2.24, 2.45) is 0 Å². The van der Waals surface area contributed by atoms with Gasteiger partial charge >= 0.3 is 0 Å². The highest BCUT2D eigenvalue weighted by molar-refractivity contribution is 6.00. The lowest BCUT2D eigenvalue weighted by molar-refractivity contribution is 0.0736. The normalized spacial score (nSPS) is 14.3. The van der Waals surface area contributed by atoms with Crippen LogP contribution in [-0.2, 0) is 6.54 Å². The van der Waals surface area contributed by atoms with Crippen molar-refractivity contribution in [3.8, 4) is 5.75 Å². The summed E-state index contributed by atoms with van der Waals surface area (Å²) in [5.41, 5.74) is 4.37. The molecule has 0 aliphatic carbocycles. The van der Waals surface area contributed by atoms with Gasteiger partial charge in [-0.05, 0) is 48.4 Å². The van der Waals surface area contributed by atoms with Crippen LogP contribution in [0.4, 0.5) is 10.1 Å². The Hall–Kier alpha value is -4.58. The van der Waals surface area contributed by atoms with Crippen LogP contribution in [0.15, 0.2) is 109 Å². The fraction of sp³-hybridized carbons (Fsp3) is 0.206. The highest BCUT2D eigenvalue weighted by Crippen LogP contribution is 2.33. The molecule has 1 saturated heterocycles. The zero-order valence-corrected chi connectivity index (χ0v) is 22.5. The lowest BCUT2D eigenvalue weighted by Gasteiger charge is -2.36. The Morgan fingerprint density at radius 2 is 1.50 bits per heavy atom. The Labute approximate surface area is 234 Å². The van der Waals surface area contributed by atoms with E-state index < -0.39 is 0 Å². The fourth-order valence-electron chi connectivity index (χ4n) is 5.48. The lowest BCUT2D eigenvalue weighted by atomic mass is 10.1. The number of aromatic nitrogens is 1. The van der Waals surface area contributed by atoms with Crippen LogP contribution in [0.25, 0.3) is 10.9 Å². The number of para-hydroxylation sites is 1. The van der Waals surface area contributed by atoms with Crippen molar-refractivity contribution in [3.63, 3.8) is 0 Å². The van der Waals surface area contributed by atoms with Gasteiger partial charge in [0.2, 0.25) is 0 Å². The van der Waals surface area contributed by atoms with Crippen molar-refractivity contribution in [2.75, 3.05) is 31.1 Å². The van der Waals surface area contributed by atoms with E-state index in [1.54, 1.807) is 12.1 Å². The van der Waals surface area contributed by atoms with Gasteiger partial charge in [0.1, 0.15) is 23.4 Å². The minimum atomic E-state index is -0.234. The molecule has 0 bridgehead atoms. The number of carbonyl (C=O) groups excluding carboxylic acids is 1. The second-order valence-electron chi connectivity index (χ2n) is 10.2. The summed E-state index contributed by atoms with van der Waals surface area (Å²) in [5, 5.41) is 0.912. The Balaban J connectivity index is 1.32. The maximum atomic E-state index is 14.4. The van der Waals surface area contributed by atoms with Crippen molar-refractivity contribution < 1.29 is 13.9 Å². The third kappa shape index (κ3) is 5.17. The van der Waals surface area contributed by atoms with Crippen LogP contribution in [0.2, 0.25) is 0 Å². The number of fused-ring (bicyclic) bond motifs is 1. The van der Waals surface area contributed by atoms with Crippen molar-refractivity contribution in [1.82, 2.24) is 9.47 Å². The smallest absolute Gasteiger partial charge is 0.270 e. The SMILES string of the molecule is C[C@@H](Oc1cccc2c1cc(C(=O)N1CCN(c3ccccc3F)CC1)n2Cc1ccccc1)c1ccccc1. The standard InChI is InChI=1S/C34H32FN3O2/c1-25(27-13-6-3-7-14-27)40-33-18-10-17-30-28(33)23-32(38(30)24-26-11-4-2-5-12-26)34(39)37-21-19-36(20-22-37)31-16-9-8-15-29(31)35/h2-18,23,25H,19-22,24H2,1H3/t25-/m1/s1. The Kier molecular flexibility index (Phi) is 7.23. The Morgan fingerprint density at radius 1 is 0.825 bits per heavy atom. The summed E-state index contributed by atoms with van der Waals surface area (Å²) in [6.45, 7) is 4.81. The maximum absolute atomic E-state index is 14.4. The number of anilines is 1. The summed E-state index contributed by atoms with van der Waals surface area (Å²) >= 11 is 0. The topological polar surface area (TPSA) is 37.7 Å². The van der Waals surface area contributed by atoms with E-state index in [1.807, 2.05) is 83.5 Å². The van der Waals surface area contributed by atoms with E-state index in [4.69, 9.17) is 4.74 Å². The molecule has 40 heavy (non-hydrogen) atoms. The summed E-state index contributed by atoms with van der Waals surface area (Å²) in [4.78, 5) is 17.9. The summed E-state index contributed by atoms with van der Waals surface area (Å²) in [5.74, 6) is 0.490. The summed E-state index contributed by atoms with van der Waals surface area (Å²) in [7, 11) is 0. The van der Waals surface area contributed by atoms with Crippen molar-refractivity contribution in [3.05, 3.63) is 132 Å². The van der Waals surface area contributed by atoms with Gasteiger partial charge in [0.05, 0.1) is 11.2 Å². The maximum Gasteiger partial charge on any atom is 0.270 e. The highest BCUT2D eigenvalue weighted by Gasteiger charge is 2.27. The molecule has 1 atom stereocenters. The molecule has 1 fully saturated rings. The number of ether oxygens (including phenoxy) is 1. The number of nitrogens with zero attached hydrogens (tertiary/aromatic N) is 3. The lowest BCUT2D eigenvalue weighted by Crippen LogP contribution is -2.49.